The summed E-state index contributed by atoms with van der Waals surface area (Å²) in [5, 5.41) is 23.2. The Morgan fingerprint density at radius 1 is 1.23 bits per heavy atom. The molecule has 0 atom stereocenters. The quantitative estimate of drug-likeness (QED) is 0.387. The molecular formula is C28H33N9O3. The maximum Gasteiger partial charge on any atom is 0.241 e. The number of likely N-dealkylation sites (tertiary alicyclic amines) is 1. The normalized spacial score (nSPS) is 15.7. The van der Waals surface area contributed by atoms with Gasteiger partial charge in [-0.15, -0.1) is 5.10 Å². The predicted octanol–water partition coefficient (Wildman–Crippen LogP) is 2.87. The van der Waals surface area contributed by atoms with Gasteiger partial charge in [0.2, 0.25) is 17.7 Å². The topological polar surface area (TPSA) is 143 Å². The van der Waals surface area contributed by atoms with Crippen molar-refractivity contribution >= 4 is 17.9 Å². The van der Waals surface area contributed by atoms with E-state index in [1.165, 1.54) is 6.08 Å². The third-order valence-corrected chi connectivity index (χ3v) is 7.05. The Kier molecular flexibility index (Phi) is 8.33. The minimum absolute atomic E-state index is 0.107. The molecule has 2 aromatic heterocycles. The van der Waals surface area contributed by atoms with Gasteiger partial charge in [0.25, 0.3) is 0 Å². The van der Waals surface area contributed by atoms with Crippen LogP contribution < -0.4 is 15.4 Å². The Hall–Kier alpha value is -4.34. The minimum Gasteiger partial charge on any atom is -0.438 e. The number of aromatic nitrogens is 5. The first-order chi connectivity index (χ1) is 19.4. The lowest BCUT2D eigenvalue weighted by Gasteiger charge is -2.31. The highest BCUT2D eigenvalue weighted by atomic mass is 16.5. The number of carbonyl (C=O) groups is 1. The van der Waals surface area contributed by atoms with Gasteiger partial charge < -0.3 is 20.1 Å². The van der Waals surface area contributed by atoms with Crippen molar-refractivity contribution in [3.63, 3.8) is 0 Å². The third kappa shape index (κ3) is 6.44. The lowest BCUT2D eigenvalue weighted by Crippen LogP contribution is -2.39. The number of benzene rings is 1. The first-order valence-electron chi connectivity index (χ1n) is 13.3. The molecule has 1 amide bonds. The van der Waals surface area contributed by atoms with E-state index in [2.05, 4.69) is 25.8 Å². The first kappa shape index (κ1) is 27.2. The summed E-state index contributed by atoms with van der Waals surface area (Å²) < 4.78 is 13.6. The number of piperidine rings is 1. The number of aryl methyl sites for hydroxylation is 2. The van der Waals surface area contributed by atoms with Crippen molar-refractivity contribution in [1.29, 1.82) is 5.26 Å². The second-order valence-corrected chi connectivity index (χ2v) is 10.1. The molecule has 1 saturated heterocycles. The maximum absolute atomic E-state index is 11.6. The maximum atomic E-state index is 11.6. The molecule has 2 N–H and O–H groups in total. The summed E-state index contributed by atoms with van der Waals surface area (Å²) in [6, 6.07) is 6.23. The third-order valence-electron chi connectivity index (χ3n) is 7.05. The number of amides is 1. The van der Waals surface area contributed by atoms with Crippen molar-refractivity contribution < 1.29 is 14.3 Å². The Bertz CT molecular complexity index is 1430. The zero-order valence-corrected chi connectivity index (χ0v) is 23.0. The van der Waals surface area contributed by atoms with E-state index in [1.54, 1.807) is 17.8 Å². The van der Waals surface area contributed by atoms with Crippen LogP contribution >= 0.6 is 0 Å². The molecule has 0 bridgehead atoms. The molecule has 4 heterocycles. The van der Waals surface area contributed by atoms with Gasteiger partial charge in [0.1, 0.15) is 12.3 Å². The highest BCUT2D eigenvalue weighted by Gasteiger charge is 2.25. The van der Waals surface area contributed by atoms with Crippen molar-refractivity contribution in [2.45, 2.75) is 59.0 Å². The van der Waals surface area contributed by atoms with Crippen molar-refractivity contribution in [1.82, 2.24) is 35.2 Å². The van der Waals surface area contributed by atoms with E-state index < -0.39 is 0 Å². The smallest absolute Gasteiger partial charge is 0.241 e. The molecule has 0 unspecified atom stereocenters. The van der Waals surface area contributed by atoms with Crippen LogP contribution in [0.25, 0.3) is 6.08 Å². The molecule has 0 saturated carbocycles. The molecule has 12 heteroatoms. The predicted molar refractivity (Wildman–Crippen MR) is 147 cm³/mol. The van der Waals surface area contributed by atoms with Crippen molar-refractivity contribution in [3.8, 4) is 17.7 Å². The van der Waals surface area contributed by atoms with Crippen LogP contribution in [0.2, 0.25) is 0 Å². The molecular weight excluding hydrogens is 510 g/mol. The van der Waals surface area contributed by atoms with Gasteiger partial charge in [-0.05, 0) is 61.6 Å². The van der Waals surface area contributed by atoms with Gasteiger partial charge in [0.15, 0.2) is 0 Å². The van der Waals surface area contributed by atoms with E-state index in [0.29, 0.717) is 31.6 Å². The molecule has 5 rings (SSSR count). The molecule has 12 nitrogen and oxygen atoms in total. The summed E-state index contributed by atoms with van der Waals surface area (Å²) in [5.74, 6) is 1.69. The number of fused-ring (bicyclic) bond motifs is 1. The highest BCUT2D eigenvalue weighted by molar-refractivity contribution is 5.75. The largest absolute Gasteiger partial charge is 0.438 e. The zero-order valence-electron chi connectivity index (χ0n) is 23.0. The van der Waals surface area contributed by atoms with Gasteiger partial charge >= 0.3 is 0 Å². The van der Waals surface area contributed by atoms with Gasteiger partial charge in [-0.2, -0.15) is 10.2 Å². The van der Waals surface area contributed by atoms with E-state index in [1.807, 2.05) is 38.2 Å². The van der Waals surface area contributed by atoms with Crippen molar-refractivity contribution in [2.24, 2.45) is 0 Å². The summed E-state index contributed by atoms with van der Waals surface area (Å²) in [5.41, 5.74) is 5.42. The van der Waals surface area contributed by atoms with Crippen LogP contribution in [0.1, 0.15) is 46.5 Å². The average Bonchev–Trinajstić information content (AvgIpc) is 3.60. The number of allylic oxidation sites excluding steroid dienone is 1. The van der Waals surface area contributed by atoms with E-state index in [-0.39, 0.29) is 18.5 Å². The standard InChI is InChI=1S/C28H33N9O3/c1-18-11-20(5-4-8-29)12-19(2)26(18)40-27-23-16-39-17-24(23)32-28(33-27)31-21-6-9-36(10-7-21)13-22-14-37(35-34-22)15-25(38)30-3/h4-5,11-12,14,21H,6-7,9-10,13,15-17H2,1-3H3,(H,30,38)(H,31,32,33)/b5-4+. The van der Waals surface area contributed by atoms with Crippen LogP contribution in [-0.2, 0) is 35.8 Å². The van der Waals surface area contributed by atoms with Crippen LogP contribution in [0.5, 0.6) is 11.6 Å². The second kappa shape index (κ2) is 12.2. The lowest BCUT2D eigenvalue weighted by molar-refractivity contribution is -0.121. The van der Waals surface area contributed by atoms with Crippen molar-refractivity contribution in [3.05, 3.63) is 58.0 Å². The fourth-order valence-corrected chi connectivity index (χ4v) is 5.00. The van der Waals surface area contributed by atoms with Crippen LogP contribution in [-0.4, -0.2) is 61.9 Å². The molecule has 0 aliphatic carbocycles. The van der Waals surface area contributed by atoms with Gasteiger partial charge in [-0.1, -0.05) is 5.21 Å². The van der Waals surface area contributed by atoms with Crippen LogP contribution in [0.3, 0.4) is 0 Å². The van der Waals surface area contributed by atoms with Gasteiger partial charge in [0.05, 0.1) is 42.4 Å². The summed E-state index contributed by atoms with van der Waals surface area (Å²) >= 11 is 0. The molecule has 1 fully saturated rings. The second-order valence-electron chi connectivity index (χ2n) is 10.1. The Balaban J connectivity index is 1.22. The summed E-state index contributed by atoms with van der Waals surface area (Å²) in [6.07, 6.45) is 6.92. The monoisotopic (exact) mass is 543 g/mol. The van der Waals surface area contributed by atoms with Gasteiger partial charge in [-0.3, -0.25) is 9.69 Å². The molecule has 3 aromatic rings. The first-order valence-corrected chi connectivity index (χ1v) is 13.3. The Morgan fingerprint density at radius 3 is 2.73 bits per heavy atom. The van der Waals surface area contributed by atoms with Gasteiger partial charge in [-0.25, -0.2) is 9.67 Å². The number of nitrogens with one attached hydrogen (secondary N) is 2. The molecule has 2 aliphatic rings. The average molecular weight is 544 g/mol. The van der Waals surface area contributed by atoms with Crippen LogP contribution in [0.15, 0.2) is 24.4 Å². The fourth-order valence-electron chi connectivity index (χ4n) is 5.00. The number of nitriles is 1. The van der Waals surface area contributed by atoms with E-state index in [0.717, 1.165) is 65.3 Å². The fraction of sp³-hybridized carbons (Fsp3) is 0.429. The number of likely N-dealkylation sites (N-methyl/N-ethyl adjacent to an activating group) is 1. The summed E-state index contributed by atoms with van der Waals surface area (Å²) in [7, 11) is 1.60. The van der Waals surface area contributed by atoms with Crippen LogP contribution in [0, 0.1) is 25.2 Å². The van der Waals surface area contributed by atoms with Crippen molar-refractivity contribution in [2.75, 3.05) is 25.5 Å². The SMILES string of the molecule is CNC(=O)Cn1cc(CN2CCC(Nc3nc4c(c(Oc5c(C)cc(/C=C/C#N)cc5C)n3)COC4)CC2)nn1. The van der Waals surface area contributed by atoms with Crippen LogP contribution in [0.4, 0.5) is 5.95 Å². The molecule has 0 spiro atoms. The van der Waals surface area contributed by atoms with Gasteiger partial charge in [0, 0.05) is 38.8 Å². The molecule has 208 valence electrons. The molecule has 2 aliphatic heterocycles. The van der Waals surface area contributed by atoms with E-state index >= 15 is 0 Å². The lowest BCUT2D eigenvalue weighted by atomic mass is 10.1. The number of anilines is 1. The number of rotatable bonds is 9. The number of ether oxygens (including phenoxy) is 2. The number of hydrogen-bond donors (Lipinski definition) is 2. The minimum atomic E-state index is -0.107. The highest BCUT2D eigenvalue weighted by Crippen LogP contribution is 2.35. The Labute approximate surface area is 233 Å². The summed E-state index contributed by atoms with van der Waals surface area (Å²) in [6.45, 7) is 7.45. The number of carbonyl (C=O) groups excluding carboxylic acids is 1. The zero-order chi connectivity index (χ0) is 28.1. The molecule has 1 aromatic carbocycles. The molecule has 0 radical (unpaired) electrons. The molecule has 40 heavy (non-hydrogen) atoms. The van der Waals surface area contributed by atoms with E-state index in [4.69, 9.17) is 24.7 Å². The summed E-state index contributed by atoms with van der Waals surface area (Å²) in [4.78, 5) is 23.4. The number of nitrogens with zero attached hydrogens (tertiary/aromatic N) is 7. The van der Waals surface area contributed by atoms with E-state index in [9.17, 15) is 4.79 Å². The number of hydrogen-bond acceptors (Lipinski definition) is 10. The Morgan fingerprint density at radius 2 is 2.00 bits per heavy atom.